The van der Waals surface area contributed by atoms with Gasteiger partial charge in [-0.25, -0.2) is 4.39 Å². The molecule has 0 aliphatic carbocycles. The second kappa shape index (κ2) is 2.96. The number of hydrogen-bond donors (Lipinski definition) is 0. The molecule has 0 atom stereocenters. The van der Waals surface area contributed by atoms with E-state index in [-0.39, 0.29) is 5.02 Å². The number of halogens is 3. The van der Waals surface area contributed by atoms with E-state index < -0.39 is 5.82 Å². The zero-order valence-corrected chi connectivity index (χ0v) is 9.02. The van der Waals surface area contributed by atoms with E-state index in [9.17, 15) is 4.39 Å². The Bertz CT molecular complexity index is 438. The second-order valence-electron chi connectivity index (χ2n) is 2.70. The van der Waals surface area contributed by atoms with Gasteiger partial charge in [-0.1, -0.05) is 11.6 Å². The van der Waals surface area contributed by atoms with E-state index in [0.717, 1.165) is 5.39 Å². The maximum absolute atomic E-state index is 13.0. The van der Waals surface area contributed by atoms with Crippen LogP contribution in [0.5, 0.6) is 0 Å². The summed E-state index contributed by atoms with van der Waals surface area (Å²) in [4.78, 5) is 0. The monoisotopic (exact) mass is 262 g/mol. The van der Waals surface area contributed by atoms with Crippen LogP contribution >= 0.6 is 27.5 Å². The van der Waals surface area contributed by atoms with Crippen LogP contribution in [0.2, 0.25) is 5.02 Å². The van der Waals surface area contributed by atoms with Gasteiger partial charge in [-0.05, 0) is 22.0 Å². The van der Waals surface area contributed by atoms with E-state index in [2.05, 4.69) is 21.0 Å². The Kier molecular flexibility index (Phi) is 2.04. The molecule has 0 bridgehead atoms. The Morgan fingerprint density at radius 1 is 1.54 bits per heavy atom. The Hall–Kier alpha value is -0.610. The predicted octanol–water partition coefficient (Wildman–Crippen LogP) is 3.13. The van der Waals surface area contributed by atoms with Crippen molar-refractivity contribution in [3.05, 3.63) is 27.6 Å². The van der Waals surface area contributed by atoms with Gasteiger partial charge >= 0.3 is 0 Å². The lowest BCUT2D eigenvalue weighted by atomic mass is 10.2. The molecule has 13 heavy (non-hydrogen) atoms. The van der Waals surface area contributed by atoms with Crippen molar-refractivity contribution in [3.63, 3.8) is 0 Å². The van der Waals surface area contributed by atoms with Crippen LogP contribution in [0.25, 0.3) is 10.9 Å². The molecule has 68 valence electrons. The minimum atomic E-state index is -0.426. The molecular formula is C8H5BrClFN2. The summed E-state index contributed by atoms with van der Waals surface area (Å²) in [5, 5.41) is 5.01. The highest BCUT2D eigenvalue weighted by molar-refractivity contribution is 9.10. The lowest BCUT2D eigenvalue weighted by Crippen LogP contribution is -1.89. The van der Waals surface area contributed by atoms with E-state index >= 15 is 0 Å². The van der Waals surface area contributed by atoms with Crippen molar-refractivity contribution in [3.8, 4) is 0 Å². The van der Waals surface area contributed by atoms with Crippen molar-refractivity contribution in [1.29, 1.82) is 0 Å². The van der Waals surface area contributed by atoms with Gasteiger partial charge in [0.05, 0.1) is 10.5 Å². The Labute approximate surface area is 87.4 Å². The molecule has 0 amide bonds. The first-order chi connectivity index (χ1) is 6.09. The maximum atomic E-state index is 13.0. The van der Waals surface area contributed by atoms with E-state index in [1.165, 1.54) is 6.07 Å². The molecule has 0 aliphatic rings. The average molecular weight is 263 g/mol. The number of rotatable bonds is 0. The summed E-state index contributed by atoms with van der Waals surface area (Å²) in [5.74, 6) is -0.426. The molecule has 1 heterocycles. The average Bonchev–Trinajstić information content (AvgIpc) is 2.31. The van der Waals surface area contributed by atoms with Crippen molar-refractivity contribution < 1.29 is 4.39 Å². The Morgan fingerprint density at radius 3 is 2.92 bits per heavy atom. The fourth-order valence-electron chi connectivity index (χ4n) is 1.21. The molecule has 0 saturated heterocycles. The third-order valence-electron chi connectivity index (χ3n) is 1.85. The van der Waals surface area contributed by atoms with Gasteiger partial charge in [0.25, 0.3) is 0 Å². The van der Waals surface area contributed by atoms with Crippen molar-refractivity contribution in [2.45, 2.75) is 0 Å². The van der Waals surface area contributed by atoms with Crippen molar-refractivity contribution in [2.75, 3.05) is 0 Å². The summed E-state index contributed by atoms with van der Waals surface area (Å²) >= 11 is 8.90. The van der Waals surface area contributed by atoms with Crippen LogP contribution in [0.15, 0.2) is 16.7 Å². The largest absolute Gasteiger partial charge is 0.267 e. The molecule has 0 spiro atoms. The molecule has 2 rings (SSSR count). The SMILES string of the molecule is Cn1nc(Br)c2cc(Cl)c(F)cc21. The van der Waals surface area contributed by atoms with Crippen LogP contribution in [0.1, 0.15) is 0 Å². The lowest BCUT2D eigenvalue weighted by molar-refractivity contribution is 0.628. The highest BCUT2D eigenvalue weighted by Gasteiger charge is 2.09. The number of nitrogens with zero attached hydrogens (tertiary/aromatic N) is 2. The molecule has 0 aliphatic heterocycles. The fourth-order valence-corrected chi connectivity index (χ4v) is 1.93. The normalized spacial score (nSPS) is 11.1. The highest BCUT2D eigenvalue weighted by Crippen LogP contribution is 2.27. The molecular weight excluding hydrogens is 258 g/mol. The summed E-state index contributed by atoms with van der Waals surface area (Å²) in [6.45, 7) is 0. The van der Waals surface area contributed by atoms with Gasteiger partial charge in [0.2, 0.25) is 0 Å². The van der Waals surface area contributed by atoms with E-state index in [1.54, 1.807) is 17.8 Å². The lowest BCUT2D eigenvalue weighted by Gasteiger charge is -1.95. The molecule has 0 saturated carbocycles. The van der Waals surface area contributed by atoms with E-state index in [1.807, 2.05) is 0 Å². The molecule has 0 fully saturated rings. The summed E-state index contributed by atoms with van der Waals surface area (Å²) in [6, 6.07) is 2.93. The van der Waals surface area contributed by atoms with Gasteiger partial charge in [0.1, 0.15) is 10.4 Å². The molecule has 1 aromatic heterocycles. The minimum Gasteiger partial charge on any atom is -0.267 e. The van der Waals surface area contributed by atoms with Crippen molar-refractivity contribution in [2.24, 2.45) is 7.05 Å². The molecule has 5 heteroatoms. The van der Waals surface area contributed by atoms with Crippen molar-refractivity contribution in [1.82, 2.24) is 9.78 Å². The summed E-state index contributed by atoms with van der Waals surface area (Å²) in [7, 11) is 1.75. The van der Waals surface area contributed by atoms with E-state index in [4.69, 9.17) is 11.6 Å². The summed E-state index contributed by atoms with van der Waals surface area (Å²) < 4.78 is 15.3. The quantitative estimate of drug-likeness (QED) is 0.714. The molecule has 2 nitrogen and oxygen atoms in total. The fraction of sp³-hybridized carbons (Fsp3) is 0.125. The molecule has 2 aromatic rings. The first kappa shape index (κ1) is 8.97. The zero-order valence-electron chi connectivity index (χ0n) is 6.68. The van der Waals surface area contributed by atoms with Crippen LogP contribution in [0.3, 0.4) is 0 Å². The highest BCUT2D eigenvalue weighted by atomic mass is 79.9. The van der Waals surface area contributed by atoms with E-state index in [0.29, 0.717) is 10.1 Å². The number of aromatic nitrogens is 2. The smallest absolute Gasteiger partial charge is 0.143 e. The molecule has 0 radical (unpaired) electrons. The zero-order chi connectivity index (χ0) is 9.59. The maximum Gasteiger partial charge on any atom is 0.143 e. The minimum absolute atomic E-state index is 0.112. The van der Waals surface area contributed by atoms with Gasteiger partial charge in [-0.3, -0.25) is 4.68 Å². The van der Waals surface area contributed by atoms with Gasteiger partial charge < -0.3 is 0 Å². The molecule has 0 unspecified atom stereocenters. The third-order valence-corrected chi connectivity index (χ3v) is 2.72. The van der Waals surface area contributed by atoms with Crippen LogP contribution in [0, 0.1) is 5.82 Å². The summed E-state index contributed by atoms with van der Waals surface area (Å²) in [6.07, 6.45) is 0. The van der Waals surface area contributed by atoms with Crippen LogP contribution < -0.4 is 0 Å². The third kappa shape index (κ3) is 1.34. The van der Waals surface area contributed by atoms with Gasteiger partial charge in [0.15, 0.2) is 0 Å². The number of fused-ring (bicyclic) bond motifs is 1. The summed E-state index contributed by atoms with van der Waals surface area (Å²) in [5.41, 5.74) is 0.716. The Morgan fingerprint density at radius 2 is 2.23 bits per heavy atom. The standard InChI is InChI=1S/C8H5BrClFN2/c1-13-7-3-6(11)5(10)2-4(7)8(9)12-13/h2-3H,1H3. The topological polar surface area (TPSA) is 17.8 Å². The van der Waals surface area contributed by atoms with Gasteiger partial charge in [0, 0.05) is 18.5 Å². The van der Waals surface area contributed by atoms with Crippen LogP contribution in [0.4, 0.5) is 4.39 Å². The number of benzene rings is 1. The van der Waals surface area contributed by atoms with Crippen LogP contribution in [-0.2, 0) is 7.05 Å². The second-order valence-corrected chi connectivity index (χ2v) is 3.86. The number of aryl methyl sites for hydroxylation is 1. The molecule has 1 aromatic carbocycles. The first-order valence-electron chi connectivity index (χ1n) is 3.57. The van der Waals surface area contributed by atoms with Gasteiger partial charge in [-0.15, -0.1) is 0 Å². The van der Waals surface area contributed by atoms with Crippen molar-refractivity contribution >= 4 is 38.4 Å². The van der Waals surface area contributed by atoms with Crippen LogP contribution in [-0.4, -0.2) is 9.78 Å². The van der Waals surface area contributed by atoms with Gasteiger partial charge in [-0.2, -0.15) is 5.10 Å². The molecule has 0 N–H and O–H groups in total. The Balaban J connectivity index is 2.91. The number of hydrogen-bond acceptors (Lipinski definition) is 1. The first-order valence-corrected chi connectivity index (χ1v) is 4.74. The predicted molar refractivity (Wildman–Crippen MR) is 53.4 cm³/mol.